The van der Waals surface area contributed by atoms with Gasteiger partial charge < -0.3 is 11.1 Å². The smallest absolute Gasteiger partial charge is 0.224 e. The van der Waals surface area contributed by atoms with Gasteiger partial charge in [-0.2, -0.15) is 0 Å². The number of halogens is 1. The Bertz CT molecular complexity index is 684. The van der Waals surface area contributed by atoms with Crippen LogP contribution in [0.15, 0.2) is 42.5 Å². The van der Waals surface area contributed by atoms with Crippen LogP contribution >= 0.6 is 11.6 Å². The molecule has 1 aliphatic rings. The van der Waals surface area contributed by atoms with E-state index in [4.69, 9.17) is 17.3 Å². The highest BCUT2D eigenvalue weighted by Crippen LogP contribution is 2.32. The van der Waals surface area contributed by atoms with Gasteiger partial charge in [-0.15, -0.1) is 0 Å². The van der Waals surface area contributed by atoms with Crippen LogP contribution < -0.4 is 11.1 Å². The van der Waals surface area contributed by atoms with Crippen molar-refractivity contribution in [3.05, 3.63) is 64.2 Å². The van der Waals surface area contributed by atoms with E-state index in [0.717, 1.165) is 24.1 Å². The molecule has 0 saturated heterocycles. The van der Waals surface area contributed by atoms with Crippen molar-refractivity contribution in [1.29, 1.82) is 0 Å². The second-order valence-electron chi connectivity index (χ2n) is 5.39. The van der Waals surface area contributed by atoms with Crippen molar-refractivity contribution in [2.75, 3.05) is 5.73 Å². The third kappa shape index (κ3) is 3.03. The molecule has 2 aromatic rings. The molecule has 0 aliphatic heterocycles. The standard InChI is InChI=1S/C17H17ClN2O/c18-15-4-2-1-3-12(15)10-17(21)20-16-8-5-11-9-13(19)6-7-14(11)16/h1-4,6-7,9,16H,5,8,10,19H2,(H,20,21). The molecular weight excluding hydrogens is 284 g/mol. The summed E-state index contributed by atoms with van der Waals surface area (Å²) in [6.45, 7) is 0. The molecule has 3 rings (SSSR count). The normalized spacial score (nSPS) is 16.5. The first kappa shape index (κ1) is 14.0. The molecule has 108 valence electrons. The Morgan fingerprint density at radius 1 is 1.29 bits per heavy atom. The number of fused-ring (bicyclic) bond motifs is 1. The Labute approximate surface area is 129 Å². The van der Waals surface area contributed by atoms with Crippen molar-refractivity contribution < 1.29 is 4.79 Å². The number of nitrogen functional groups attached to an aromatic ring is 1. The van der Waals surface area contributed by atoms with E-state index in [2.05, 4.69) is 5.32 Å². The fourth-order valence-corrected chi connectivity index (χ4v) is 3.05. The summed E-state index contributed by atoms with van der Waals surface area (Å²) in [5, 5.41) is 3.72. The first-order valence-electron chi connectivity index (χ1n) is 7.04. The highest BCUT2D eigenvalue weighted by atomic mass is 35.5. The van der Waals surface area contributed by atoms with Gasteiger partial charge in [0, 0.05) is 10.7 Å². The van der Waals surface area contributed by atoms with Crippen molar-refractivity contribution in [3.8, 4) is 0 Å². The van der Waals surface area contributed by atoms with Gasteiger partial charge in [0.2, 0.25) is 5.91 Å². The maximum absolute atomic E-state index is 12.2. The Hall–Kier alpha value is -2.00. The average molecular weight is 301 g/mol. The van der Waals surface area contributed by atoms with Gasteiger partial charge in [0.1, 0.15) is 0 Å². The molecule has 21 heavy (non-hydrogen) atoms. The second-order valence-corrected chi connectivity index (χ2v) is 5.79. The van der Waals surface area contributed by atoms with Crippen molar-refractivity contribution in [3.63, 3.8) is 0 Å². The maximum Gasteiger partial charge on any atom is 0.224 e. The molecule has 2 aromatic carbocycles. The van der Waals surface area contributed by atoms with Crippen LogP contribution in [0.3, 0.4) is 0 Å². The first-order chi connectivity index (χ1) is 10.1. The van der Waals surface area contributed by atoms with Gasteiger partial charge in [-0.3, -0.25) is 4.79 Å². The number of amides is 1. The first-order valence-corrected chi connectivity index (χ1v) is 7.42. The van der Waals surface area contributed by atoms with Crippen molar-refractivity contribution in [1.82, 2.24) is 5.32 Å². The fourth-order valence-electron chi connectivity index (χ4n) is 2.85. The van der Waals surface area contributed by atoms with Crippen LogP contribution in [0.25, 0.3) is 0 Å². The topological polar surface area (TPSA) is 55.1 Å². The molecule has 0 fully saturated rings. The number of nitrogens with two attached hydrogens (primary N) is 1. The van der Waals surface area contributed by atoms with Crippen LogP contribution in [0.2, 0.25) is 5.02 Å². The van der Waals surface area contributed by atoms with Gasteiger partial charge in [-0.1, -0.05) is 35.9 Å². The number of aryl methyl sites for hydroxylation is 1. The molecule has 1 aliphatic carbocycles. The molecule has 4 heteroatoms. The Kier molecular flexibility index (Phi) is 3.84. The molecule has 0 spiro atoms. The SMILES string of the molecule is Nc1ccc2c(c1)CCC2NC(=O)Cc1ccccc1Cl. The molecular formula is C17H17ClN2O. The molecule has 1 amide bonds. The summed E-state index contributed by atoms with van der Waals surface area (Å²) in [6, 6.07) is 13.4. The van der Waals surface area contributed by atoms with Crippen molar-refractivity contribution >= 4 is 23.2 Å². The van der Waals surface area contributed by atoms with E-state index in [1.54, 1.807) is 6.07 Å². The lowest BCUT2D eigenvalue weighted by Gasteiger charge is -2.14. The van der Waals surface area contributed by atoms with Gasteiger partial charge in [0.05, 0.1) is 12.5 Å². The van der Waals surface area contributed by atoms with E-state index in [1.165, 1.54) is 11.1 Å². The van der Waals surface area contributed by atoms with Gasteiger partial charge >= 0.3 is 0 Å². The lowest BCUT2D eigenvalue weighted by atomic mass is 10.1. The minimum absolute atomic E-state index is 0.00206. The zero-order valence-corrected chi connectivity index (χ0v) is 12.4. The monoisotopic (exact) mass is 300 g/mol. The quantitative estimate of drug-likeness (QED) is 0.855. The summed E-state index contributed by atoms with van der Waals surface area (Å²) in [6.07, 6.45) is 2.19. The number of carbonyl (C=O) groups excluding carboxylic acids is 1. The van der Waals surface area contributed by atoms with Crippen LogP contribution in [0.5, 0.6) is 0 Å². The van der Waals surface area contributed by atoms with Gasteiger partial charge in [0.25, 0.3) is 0 Å². The van der Waals surface area contributed by atoms with E-state index < -0.39 is 0 Å². The molecule has 1 atom stereocenters. The maximum atomic E-state index is 12.2. The van der Waals surface area contributed by atoms with Crippen LogP contribution in [0, 0.1) is 0 Å². The van der Waals surface area contributed by atoms with Crippen LogP contribution in [0.1, 0.15) is 29.2 Å². The van der Waals surface area contributed by atoms with Gasteiger partial charge in [0.15, 0.2) is 0 Å². The molecule has 0 aromatic heterocycles. The number of nitrogens with one attached hydrogen (secondary N) is 1. The minimum Gasteiger partial charge on any atom is -0.399 e. The summed E-state index contributed by atoms with van der Waals surface area (Å²) >= 11 is 6.09. The summed E-state index contributed by atoms with van der Waals surface area (Å²) < 4.78 is 0. The van der Waals surface area contributed by atoms with Crippen molar-refractivity contribution in [2.45, 2.75) is 25.3 Å². The van der Waals surface area contributed by atoms with Crippen LogP contribution in [-0.2, 0) is 17.6 Å². The number of hydrogen-bond acceptors (Lipinski definition) is 2. The number of carbonyl (C=O) groups is 1. The summed E-state index contributed by atoms with van der Waals surface area (Å²) in [4.78, 5) is 12.2. The van der Waals surface area contributed by atoms with Crippen LogP contribution in [-0.4, -0.2) is 5.91 Å². The zero-order valence-electron chi connectivity index (χ0n) is 11.6. The largest absolute Gasteiger partial charge is 0.399 e. The van der Waals surface area contributed by atoms with E-state index in [9.17, 15) is 4.79 Å². The number of hydrogen-bond donors (Lipinski definition) is 2. The third-order valence-corrected chi connectivity index (χ3v) is 4.26. The number of rotatable bonds is 3. The number of benzene rings is 2. The predicted molar refractivity (Wildman–Crippen MR) is 85.2 cm³/mol. The van der Waals surface area contributed by atoms with E-state index in [1.807, 2.05) is 36.4 Å². The Balaban J connectivity index is 1.69. The van der Waals surface area contributed by atoms with Gasteiger partial charge in [-0.05, 0) is 47.7 Å². The van der Waals surface area contributed by atoms with E-state index in [-0.39, 0.29) is 11.9 Å². The average Bonchev–Trinajstić information content (AvgIpc) is 2.83. The second kappa shape index (κ2) is 5.78. The molecule has 0 saturated carbocycles. The van der Waals surface area contributed by atoms with Crippen LogP contribution in [0.4, 0.5) is 5.69 Å². The predicted octanol–water partition coefficient (Wildman–Crippen LogP) is 3.27. The fraction of sp³-hybridized carbons (Fsp3) is 0.235. The lowest BCUT2D eigenvalue weighted by Crippen LogP contribution is -2.28. The Morgan fingerprint density at radius 2 is 2.10 bits per heavy atom. The summed E-state index contributed by atoms with van der Waals surface area (Å²) in [5.41, 5.74) is 9.83. The summed E-state index contributed by atoms with van der Waals surface area (Å²) in [5.74, 6) is -0.00206. The van der Waals surface area contributed by atoms with Crippen molar-refractivity contribution in [2.24, 2.45) is 0 Å². The van der Waals surface area contributed by atoms with E-state index >= 15 is 0 Å². The minimum atomic E-state index is -0.00206. The highest BCUT2D eigenvalue weighted by Gasteiger charge is 2.24. The molecule has 3 N–H and O–H groups in total. The molecule has 1 unspecified atom stereocenters. The third-order valence-electron chi connectivity index (χ3n) is 3.89. The van der Waals surface area contributed by atoms with Gasteiger partial charge in [-0.25, -0.2) is 0 Å². The summed E-state index contributed by atoms with van der Waals surface area (Å²) in [7, 11) is 0. The Morgan fingerprint density at radius 3 is 2.90 bits per heavy atom. The highest BCUT2D eigenvalue weighted by molar-refractivity contribution is 6.31. The molecule has 3 nitrogen and oxygen atoms in total. The van der Waals surface area contributed by atoms with E-state index in [0.29, 0.717) is 11.4 Å². The number of anilines is 1. The molecule has 0 radical (unpaired) electrons. The lowest BCUT2D eigenvalue weighted by molar-refractivity contribution is -0.121. The molecule has 0 heterocycles. The zero-order chi connectivity index (χ0) is 14.8. The molecule has 0 bridgehead atoms.